The molecule has 0 aromatic rings. The maximum absolute atomic E-state index is 13.2. The van der Waals surface area contributed by atoms with Crippen LogP contribution in [0.1, 0.15) is 72.6 Å². The van der Waals surface area contributed by atoms with Crippen LogP contribution in [-0.2, 0) is 9.59 Å². The van der Waals surface area contributed by atoms with Crippen LogP contribution < -0.4 is 5.32 Å². The van der Waals surface area contributed by atoms with E-state index < -0.39 is 5.97 Å². The van der Waals surface area contributed by atoms with Crippen molar-refractivity contribution in [3.63, 3.8) is 0 Å². The fraction of sp³-hybridized carbons (Fsp3) is 0.692. The van der Waals surface area contributed by atoms with Gasteiger partial charge in [0.05, 0.1) is 5.54 Å². The van der Waals surface area contributed by atoms with Gasteiger partial charge in [0, 0.05) is 11.5 Å². The van der Waals surface area contributed by atoms with Crippen molar-refractivity contribution >= 4 is 11.9 Å². The molecule has 0 saturated heterocycles. The third-order valence-electron chi connectivity index (χ3n) is 9.32. The Bertz CT molecular complexity index is 837. The molecule has 0 radical (unpaired) electrons. The minimum atomic E-state index is -0.775. The molecule has 2 N–H and O–H groups in total. The molecule has 164 valence electrons. The van der Waals surface area contributed by atoms with Gasteiger partial charge in [0.2, 0.25) is 5.91 Å². The van der Waals surface area contributed by atoms with Crippen LogP contribution in [0.15, 0.2) is 36.0 Å². The van der Waals surface area contributed by atoms with Gasteiger partial charge in [0.25, 0.3) is 0 Å². The van der Waals surface area contributed by atoms with Crippen molar-refractivity contribution in [2.45, 2.75) is 78.2 Å². The third-order valence-corrected chi connectivity index (χ3v) is 9.32. The summed E-state index contributed by atoms with van der Waals surface area (Å²) in [4.78, 5) is 24.7. The van der Waals surface area contributed by atoms with Gasteiger partial charge < -0.3 is 10.4 Å². The molecule has 4 aliphatic carbocycles. The topological polar surface area (TPSA) is 66.4 Å². The van der Waals surface area contributed by atoms with Gasteiger partial charge in [-0.3, -0.25) is 4.79 Å². The van der Waals surface area contributed by atoms with E-state index in [-0.39, 0.29) is 28.2 Å². The zero-order valence-corrected chi connectivity index (χ0v) is 19.0. The Morgan fingerprint density at radius 2 is 1.93 bits per heavy atom. The van der Waals surface area contributed by atoms with Crippen LogP contribution in [0, 0.1) is 34.5 Å². The van der Waals surface area contributed by atoms with Crippen molar-refractivity contribution in [1.29, 1.82) is 0 Å². The van der Waals surface area contributed by atoms with Crippen molar-refractivity contribution in [1.82, 2.24) is 5.32 Å². The predicted octanol–water partition coefficient (Wildman–Crippen LogP) is 5.27. The zero-order valence-electron chi connectivity index (χ0n) is 19.0. The molecule has 0 aromatic carbocycles. The fourth-order valence-electron chi connectivity index (χ4n) is 7.38. The summed E-state index contributed by atoms with van der Waals surface area (Å²) >= 11 is 0. The molecule has 4 rings (SSSR count). The maximum atomic E-state index is 13.2. The summed E-state index contributed by atoms with van der Waals surface area (Å²) in [5.74, 6) is 1.25. The summed E-state index contributed by atoms with van der Waals surface area (Å²) in [6.45, 7) is 12.6. The van der Waals surface area contributed by atoms with Crippen LogP contribution in [-0.4, -0.2) is 22.5 Å². The number of carboxylic acid groups (broad SMARTS) is 1. The molecule has 6 atom stereocenters. The molecule has 0 aromatic heterocycles. The van der Waals surface area contributed by atoms with Crippen molar-refractivity contribution in [2.75, 3.05) is 0 Å². The van der Waals surface area contributed by atoms with Crippen LogP contribution in [0.3, 0.4) is 0 Å². The highest BCUT2D eigenvalue weighted by Gasteiger charge is 2.59. The van der Waals surface area contributed by atoms with Gasteiger partial charge in [-0.25, -0.2) is 4.79 Å². The number of carbonyl (C=O) groups excluding carboxylic acids is 1. The Kier molecular flexibility index (Phi) is 5.06. The number of nitrogens with one attached hydrogen (secondary N) is 1. The van der Waals surface area contributed by atoms with E-state index in [0.717, 1.165) is 38.5 Å². The zero-order chi connectivity index (χ0) is 21.9. The van der Waals surface area contributed by atoms with Gasteiger partial charge >= 0.3 is 5.97 Å². The van der Waals surface area contributed by atoms with Crippen molar-refractivity contribution in [3.8, 4) is 0 Å². The molecule has 4 nitrogen and oxygen atoms in total. The van der Waals surface area contributed by atoms with Gasteiger partial charge in [-0.05, 0) is 99.0 Å². The highest BCUT2D eigenvalue weighted by atomic mass is 16.4. The first-order valence-corrected chi connectivity index (χ1v) is 11.6. The molecule has 0 heterocycles. The Labute approximate surface area is 180 Å². The molecule has 4 heteroatoms. The Morgan fingerprint density at radius 3 is 2.60 bits per heavy atom. The summed E-state index contributed by atoms with van der Waals surface area (Å²) in [7, 11) is 0. The average Bonchev–Trinajstić information content (AvgIpc) is 3.04. The van der Waals surface area contributed by atoms with Crippen LogP contribution in [0.4, 0.5) is 0 Å². The lowest BCUT2D eigenvalue weighted by Gasteiger charge is -2.57. The lowest BCUT2D eigenvalue weighted by molar-refractivity contribution is -0.133. The quantitative estimate of drug-likeness (QED) is 0.620. The average molecular weight is 412 g/mol. The van der Waals surface area contributed by atoms with E-state index in [0.29, 0.717) is 29.7 Å². The number of carbonyl (C=O) groups is 2. The number of allylic oxidation sites excluding steroid dienone is 3. The third kappa shape index (κ3) is 3.18. The van der Waals surface area contributed by atoms with E-state index in [1.807, 2.05) is 26.0 Å². The highest BCUT2D eigenvalue weighted by Crippen LogP contribution is 2.66. The Balaban J connectivity index is 1.59. The number of aliphatic carboxylic acids is 1. The number of rotatable bonds is 4. The summed E-state index contributed by atoms with van der Waals surface area (Å²) in [5.41, 5.74) is 1.56. The van der Waals surface area contributed by atoms with Crippen LogP contribution in [0.25, 0.3) is 0 Å². The normalized spacial score (nSPS) is 40.3. The maximum Gasteiger partial charge on any atom is 0.331 e. The number of amides is 1. The van der Waals surface area contributed by atoms with E-state index in [4.69, 9.17) is 0 Å². The first-order chi connectivity index (χ1) is 14.0. The molecule has 30 heavy (non-hydrogen) atoms. The summed E-state index contributed by atoms with van der Waals surface area (Å²) in [5, 5.41) is 12.7. The first kappa shape index (κ1) is 21.4. The van der Waals surface area contributed by atoms with Gasteiger partial charge in [-0.15, -0.1) is 6.58 Å². The van der Waals surface area contributed by atoms with Crippen molar-refractivity contribution in [3.05, 3.63) is 36.0 Å². The SMILES string of the molecule is C=CC(C)(C)NC(=O)[C@H]1CC[C@H]2[C@@H]3CC=C4C=C(C(=O)O)CC[C@]4(C)[C@H]3CC[C@]12C. The van der Waals surface area contributed by atoms with Crippen molar-refractivity contribution in [2.24, 2.45) is 34.5 Å². The summed E-state index contributed by atoms with van der Waals surface area (Å²) in [6, 6.07) is 0. The van der Waals surface area contributed by atoms with E-state index in [1.165, 1.54) is 5.57 Å². The summed E-state index contributed by atoms with van der Waals surface area (Å²) < 4.78 is 0. The molecular weight excluding hydrogens is 374 g/mol. The standard InChI is InChI=1S/C26H37NO3/c1-6-24(2,3)27-22(28)21-10-9-19-18-8-7-17-15-16(23(29)30)11-13-25(17,4)20(18)12-14-26(19,21)5/h6-7,15,18-21H,1,8-14H2,2-5H3,(H,27,28)(H,29,30)/t18-,19-,20-,21+,25-,26-/m0/s1. The molecule has 2 fully saturated rings. The molecule has 0 aliphatic heterocycles. The molecule has 0 unspecified atom stereocenters. The second kappa shape index (κ2) is 7.10. The molecule has 1 amide bonds. The fourth-order valence-corrected chi connectivity index (χ4v) is 7.38. The second-order valence-electron chi connectivity index (χ2n) is 11.3. The summed E-state index contributed by atoms with van der Waals surface area (Å²) in [6.07, 6.45) is 13.0. The van der Waals surface area contributed by atoms with Gasteiger partial charge in [-0.1, -0.05) is 26.0 Å². The van der Waals surface area contributed by atoms with Crippen molar-refractivity contribution < 1.29 is 14.7 Å². The monoisotopic (exact) mass is 411 g/mol. The number of fused-ring (bicyclic) bond motifs is 5. The van der Waals surface area contributed by atoms with E-state index in [9.17, 15) is 14.7 Å². The van der Waals surface area contributed by atoms with Gasteiger partial charge in [-0.2, -0.15) is 0 Å². The van der Waals surface area contributed by atoms with Crippen LogP contribution >= 0.6 is 0 Å². The molecule has 0 spiro atoms. The van der Waals surface area contributed by atoms with E-state index in [2.05, 4.69) is 31.8 Å². The second-order valence-corrected chi connectivity index (χ2v) is 11.3. The Morgan fingerprint density at radius 1 is 1.20 bits per heavy atom. The Hall–Kier alpha value is -1.84. The number of carboxylic acids is 1. The predicted molar refractivity (Wildman–Crippen MR) is 119 cm³/mol. The number of hydrogen-bond donors (Lipinski definition) is 2. The molecular formula is C26H37NO3. The molecule has 2 saturated carbocycles. The largest absolute Gasteiger partial charge is 0.478 e. The number of hydrogen-bond acceptors (Lipinski definition) is 2. The van der Waals surface area contributed by atoms with Gasteiger partial charge in [0.1, 0.15) is 0 Å². The van der Waals surface area contributed by atoms with Crippen LogP contribution in [0.5, 0.6) is 0 Å². The molecule has 4 aliphatic rings. The smallest absolute Gasteiger partial charge is 0.331 e. The molecule has 0 bridgehead atoms. The first-order valence-electron chi connectivity index (χ1n) is 11.6. The minimum Gasteiger partial charge on any atom is -0.478 e. The van der Waals surface area contributed by atoms with Gasteiger partial charge in [0.15, 0.2) is 0 Å². The lowest BCUT2D eigenvalue weighted by Crippen LogP contribution is -2.52. The minimum absolute atomic E-state index is 0.0565. The van der Waals surface area contributed by atoms with E-state index >= 15 is 0 Å². The lowest BCUT2D eigenvalue weighted by atomic mass is 9.48. The highest BCUT2D eigenvalue weighted by molar-refractivity contribution is 5.87. The van der Waals surface area contributed by atoms with E-state index in [1.54, 1.807) is 0 Å². The van der Waals surface area contributed by atoms with Crippen LogP contribution in [0.2, 0.25) is 0 Å².